The molecule has 0 aliphatic carbocycles. The van der Waals surface area contributed by atoms with E-state index in [2.05, 4.69) is 6.07 Å². The van der Waals surface area contributed by atoms with Crippen molar-refractivity contribution in [2.75, 3.05) is 7.11 Å². The number of carbonyl (C=O) groups excluding carboxylic acids is 1. The van der Waals surface area contributed by atoms with Gasteiger partial charge in [0.05, 0.1) is 18.7 Å². The lowest BCUT2D eigenvalue weighted by Gasteiger charge is -2.11. The van der Waals surface area contributed by atoms with Gasteiger partial charge >= 0.3 is 0 Å². The number of nitriles is 1. The molecule has 0 fully saturated rings. The summed E-state index contributed by atoms with van der Waals surface area (Å²) in [7, 11) is 1.61. The first kappa shape index (κ1) is 20.4. The fourth-order valence-corrected chi connectivity index (χ4v) is 3.87. The van der Waals surface area contributed by atoms with Gasteiger partial charge in [0.25, 0.3) is 0 Å². The zero-order valence-electron chi connectivity index (χ0n) is 16.6. The third kappa shape index (κ3) is 5.13. The van der Waals surface area contributed by atoms with Gasteiger partial charge < -0.3 is 9.47 Å². The quantitative estimate of drug-likeness (QED) is 0.374. The maximum absolute atomic E-state index is 12.5. The van der Waals surface area contributed by atoms with E-state index < -0.39 is 0 Å². The van der Waals surface area contributed by atoms with Crippen LogP contribution in [-0.2, 0) is 6.61 Å². The monoisotopic (exact) mass is 403 g/mol. The van der Waals surface area contributed by atoms with Gasteiger partial charge in [-0.2, -0.15) is 5.26 Å². The SMILES string of the molecule is COc1ccc(/C=C/C(=O)c2cc(C)sc2C)cc1COc1ccc(C#N)cc1. The van der Waals surface area contributed by atoms with Gasteiger partial charge in [-0.25, -0.2) is 0 Å². The van der Waals surface area contributed by atoms with Crippen molar-refractivity contribution in [3.63, 3.8) is 0 Å². The minimum Gasteiger partial charge on any atom is -0.496 e. The molecule has 0 saturated carbocycles. The number of carbonyl (C=O) groups is 1. The van der Waals surface area contributed by atoms with Gasteiger partial charge in [0.15, 0.2) is 5.78 Å². The summed E-state index contributed by atoms with van der Waals surface area (Å²) >= 11 is 1.63. The topological polar surface area (TPSA) is 59.3 Å². The predicted molar refractivity (Wildman–Crippen MR) is 116 cm³/mol. The summed E-state index contributed by atoms with van der Waals surface area (Å²) in [6.45, 7) is 4.28. The molecule has 3 aromatic rings. The van der Waals surface area contributed by atoms with E-state index >= 15 is 0 Å². The molecule has 29 heavy (non-hydrogen) atoms. The van der Waals surface area contributed by atoms with E-state index in [0.29, 0.717) is 23.7 Å². The van der Waals surface area contributed by atoms with Crippen LogP contribution in [0.2, 0.25) is 0 Å². The second kappa shape index (κ2) is 9.22. The summed E-state index contributed by atoms with van der Waals surface area (Å²) in [6, 6.07) is 16.7. The highest BCUT2D eigenvalue weighted by Gasteiger charge is 2.10. The fraction of sp³-hybridized carbons (Fsp3) is 0.167. The number of hydrogen-bond donors (Lipinski definition) is 0. The third-order valence-electron chi connectivity index (χ3n) is 4.42. The van der Waals surface area contributed by atoms with Crippen LogP contribution in [0.1, 0.15) is 36.8 Å². The van der Waals surface area contributed by atoms with Gasteiger partial charge in [0.2, 0.25) is 0 Å². The van der Waals surface area contributed by atoms with Crippen LogP contribution in [0.25, 0.3) is 6.08 Å². The molecule has 0 bridgehead atoms. The number of ether oxygens (including phenoxy) is 2. The number of rotatable bonds is 7. The van der Waals surface area contributed by atoms with E-state index in [-0.39, 0.29) is 5.78 Å². The highest BCUT2D eigenvalue weighted by molar-refractivity contribution is 7.12. The lowest BCUT2D eigenvalue weighted by molar-refractivity contribution is 0.104. The minimum absolute atomic E-state index is 0.00180. The molecule has 146 valence electrons. The van der Waals surface area contributed by atoms with Crippen molar-refractivity contribution >= 4 is 23.2 Å². The van der Waals surface area contributed by atoms with Crippen LogP contribution in [0, 0.1) is 25.2 Å². The molecule has 0 spiro atoms. The third-order valence-corrected chi connectivity index (χ3v) is 5.38. The number of thiophene rings is 1. The normalized spacial score (nSPS) is 10.7. The molecular weight excluding hydrogens is 382 g/mol. The lowest BCUT2D eigenvalue weighted by atomic mass is 10.1. The Labute approximate surface area is 174 Å². The van der Waals surface area contributed by atoms with Crippen LogP contribution in [0.15, 0.2) is 54.6 Å². The van der Waals surface area contributed by atoms with Crippen molar-refractivity contribution in [3.8, 4) is 17.6 Å². The van der Waals surface area contributed by atoms with Crippen LogP contribution in [0.3, 0.4) is 0 Å². The summed E-state index contributed by atoms with van der Waals surface area (Å²) in [5.74, 6) is 1.38. The maximum Gasteiger partial charge on any atom is 0.186 e. The van der Waals surface area contributed by atoms with E-state index in [1.54, 1.807) is 54.9 Å². The number of ketones is 1. The first-order chi connectivity index (χ1) is 14.0. The maximum atomic E-state index is 12.5. The standard InChI is InChI=1S/C24H21NO3S/c1-16-12-22(17(2)29-16)23(26)10-6-18-7-11-24(27-3)20(13-18)15-28-21-8-4-19(14-25)5-9-21/h4-13H,15H2,1-3H3/b10-6+. The Morgan fingerprint density at radius 3 is 2.52 bits per heavy atom. The summed E-state index contributed by atoms with van der Waals surface area (Å²) in [6.07, 6.45) is 3.40. The molecule has 1 aromatic heterocycles. The van der Waals surface area contributed by atoms with E-state index in [4.69, 9.17) is 14.7 Å². The van der Waals surface area contributed by atoms with E-state index in [1.165, 1.54) is 0 Å². The zero-order chi connectivity index (χ0) is 20.8. The molecule has 0 unspecified atom stereocenters. The average molecular weight is 404 g/mol. The Bertz CT molecular complexity index is 1090. The van der Waals surface area contributed by atoms with Gasteiger partial charge in [-0.3, -0.25) is 4.79 Å². The first-order valence-corrected chi connectivity index (χ1v) is 9.91. The van der Waals surface area contributed by atoms with E-state index in [9.17, 15) is 4.79 Å². The number of hydrogen-bond acceptors (Lipinski definition) is 5. The zero-order valence-corrected chi connectivity index (χ0v) is 17.4. The first-order valence-electron chi connectivity index (χ1n) is 9.09. The molecule has 3 rings (SSSR count). The van der Waals surface area contributed by atoms with Crippen molar-refractivity contribution in [1.29, 1.82) is 5.26 Å². The highest BCUT2D eigenvalue weighted by atomic mass is 32.1. The predicted octanol–water partition coefficient (Wildman–Crippen LogP) is 5.72. The van der Waals surface area contributed by atoms with Crippen molar-refractivity contribution in [3.05, 3.63) is 86.6 Å². The van der Waals surface area contributed by atoms with Gasteiger partial charge in [-0.1, -0.05) is 12.1 Å². The molecule has 0 radical (unpaired) electrons. The lowest BCUT2D eigenvalue weighted by Crippen LogP contribution is -1.99. The van der Waals surface area contributed by atoms with Crippen LogP contribution in [-0.4, -0.2) is 12.9 Å². The van der Waals surface area contributed by atoms with Gasteiger partial charge in [-0.15, -0.1) is 11.3 Å². The Hall–Kier alpha value is -3.36. The summed E-state index contributed by atoms with van der Waals surface area (Å²) in [5, 5.41) is 8.88. The number of nitrogens with zero attached hydrogens (tertiary/aromatic N) is 1. The molecule has 4 nitrogen and oxygen atoms in total. The Kier molecular flexibility index (Phi) is 6.48. The largest absolute Gasteiger partial charge is 0.496 e. The van der Waals surface area contributed by atoms with Gasteiger partial charge in [0.1, 0.15) is 18.1 Å². The van der Waals surface area contributed by atoms with Crippen LogP contribution in [0.4, 0.5) is 0 Å². The Morgan fingerprint density at radius 1 is 1.14 bits per heavy atom. The van der Waals surface area contributed by atoms with Gasteiger partial charge in [-0.05, 0) is 68.0 Å². The van der Waals surface area contributed by atoms with Crippen LogP contribution < -0.4 is 9.47 Å². The summed E-state index contributed by atoms with van der Waals surface area (Å²) < 4.78 is 11.2. The average Bonchev–Trinajstić information content (AvgIpc) is 3.08. The van der Waals surface area contributed by atoms with Crippen molar-refractivity contribution in [2.24, 2.45) is 0 Å². The highest BCUT2D eigenvalue weighted by Crippen LogP contribution is 2.24. The van der Waals surface area contributed by atoms with E-state index in [0.717, 1.165) is 26.4 Å². The van der Waals surface area contributed by atoms with Crippen molar-refractivity contribution < 1.29 is 14.3 Å². The van der Waals surface area contributed by atoms with Crippen molar-refractivity contribution in [1.82, 2.24) is 0 Å². The molecule has 0 aliphatic rings. The smallest absolute Gasteiger partial charge is 0.186 e. The second-order valence-corrected chi connectivity index (χ2v) is 7.98. The number of benzene rings is 2. The van der Waals surface area contributed by atoms with Gasteiger partial charge in [0, 0.05) is 20.9 Å². The molecule has 0 N–H and O–H groups in total. The Balaban J connectivity index is 1.74. The second-order valence-electron chi connectivity index (χ2n) is 6.52. The van der Waals surface area contributed by atoms with Crippen LogP contribution >= 0.6 is 11.3 Å². The summed E-state index contributed by atoms with van der Waals surface area (Å²) in [5.41, 5.74) is 3.10. The minimum atomic E-state index is -0.00180. The molecule has 0 saturated heterocycles. The number of aryl methyl sites for hydroxylation is 2. The molecule has 5 heteroatoms. The Morgan fingerprint density at radius 2 is 1.90 bits per heavy atom. The fourth-order valence-electron chi connectivity index (χ4n) is 2.94. The van der Waals surface area contributed by atoms with Crippen molar-refractivity contribution in [2.45, 2.75) is 20.5 Å². The number of methoxy groups -OCH3 is 1. The summed E-state index contributed by atoms with van der Waals surface area (Å²) in [4.78, 5) is 14.6. The molecule has 1 heterocycles. The molecule has 0 atom stereocenters. The molecular formula is C24H21NO3S. The van der Waals surface area contributed by atoms with Crippen LogP contribution in [0.5, 0.6) is 11.5 Å². The van der Waals surface area contributed by atoms with E-state index in [1.807, 2.05) is 38.1 Å². The molecule has 0 amide bonds. The number of allylic oxidation sites excluding steroid dienone is 1. The molecule has 2 aromatic carbocycles. The molecule has 0 aliphatic heterocycles.